The van der Waals surface area contributed by atoms with Crippen LogP contribution in [0.4, 0.5) is 5.82 Å². The topological polar surface area (TPSA) is 68.6 Å². The van der Waals surface area contributed by atoms with Crippen molar-refractivity contribution in [2.24, 2.45) is 18.4 Å². The number of likely N-dealkylation sites (tertiary alicyclic amines) is 1. The molecule has 1 aromatic rings. The second-order valence-electron chi connectivity index (χ2n) is 6.10. The average Bonchev–Trinajstić information content (AvgIpc) is 3.04. The molecule has 21 heavy (non-hydrogen) atoms. The molecule has 0 unspecified atom stereocenters. The minimum Gasteiger partial charge on any atom is -0.384 e. The van der Waals surface area contributed by atoms with Gasteiger partial charge >= 0.3 is 0 Å². The first kappa shape index (κ1) is 14.5. The molecule has 2 saturated heterocycles. The van der Waals surface area contributed by atoms with E-state index in [1.807, 2.05) is 7.05 Å². The number of aromatic nitrogens is 2. The highest BCUT2D eigenvalue weighted by Gasteiger charge is 2.50. The van der Waals surface area contributed by atoms with Gasteiger partial charge in [0.05, 0.1) is 26.4 Å². The largest absolute Gasteiger partial charge is 0.384 e. The highest BCUT2D eigenvalue weighted by atomic mass is 16.5. The van der Waals surface area contributed by atoms with Gasteiger partial charge in [0.15, 0.2) is 5.82 Å². The summed E-state index contributed by atoms with van der Waals surface area (Å²) in [7, 11) is 3.55. The zero-order chi connectivity index (χ0) is 14.9. The van der Waals surface area contributed by atoms with Gasteiger partial charge in [-0.1, -0.05) is 0 Å². The van der Waals surface area contributed by atoms with Crippen LogP contribution in [-0.2, 0) is 21.3 Å². The second kappa shape index (κ2) is 5.75. The summed E-state index contributed by atoms with van der Waals surface area (Å²) in [6.45, 7) is 4.31. The predicted molar refractivity (Wildman–Crippen MR) is 76.9 cm³/mol. The summed E-state index contributed by atoms with van der Waals surface area (Å²) in [5.41, 5.74) is 0.0556. The molecule has 1 aromatic heterocycles. The number of hydrogen-bond acceptors (Lipinski definition) is 5. The number of carbonyl (C=O) groups is 1. The summed E-state index contributed by atoms with van der Waals surface area (Å²) < 4.78 is 12.6. The number of methoxy groups -OCH3 is 1. The van der Waals surface area contributed by atoms with E-state index in [-0.39, 0.29) is 11.3 Å². The lowest BCUT2D eigenvalue weighted by molar-refractivity contribution is -0.117. The lowest BCUT2D eigenvalue weighted by atomic mass is 9.82. The fourth-order valence-electron chi connectivity index (χ4n) is 3.42. The predicted octanol–water partition coefficient (Wildman–Crippen LogP) is -0.0466. The van der Waals surface area contributed by atoms with Crippen molar-refractivity contribution in [3.8, 4) is 0 Å². The summed E-state index contributed by atoms with van der Waals surface area (Å²) in [5, 5.41) is 6.98. The maximum Gasteiger partial charge on any atom is 0.239 e. The van der Waals surface area contributed by atoms with E-state index < -0.39 is 0 Å². The number of hydrogen-bond donors (Lipinski definition) is 1. The number of carbonyl (C=O) groups excluding carboxylic acids is 1. The molecule has 3 rings (SSSR count). The molecule has 1 amide bonds. The van der Waals surface area contributed by atoms with Gasteiger partial charge in [-0.05, 0) is 0 Å². The summed E-state index contributed by atoms with van der Waals surface area (Å²) in [6.07, 6.45) is 1.81. The van der Waals surface area contributed by atoms with E-state index in [0.717, 1.165) is 26.3 Å². The number of nitrogens with zero attached hydrogens (tertiary/aromatic N) is 3. The Balaban J connectivity index is 1.55. The van der Waals surface area contributed by atoms with Gasteiger partial charge < -0.3 is 14.8 Å². The van der Waals surface area contributed by atoms with Crippen molar-refractivity contribution >= 4 is 11.7 Å². The van der Waals surface area contributed by atoms with Crippen molar-refractivity contribution in [2.75, 3.05) is 51.9 Å². The summed E-state index contributed by atoms with van der Waals surface area (Å²) in [5.74, 6) is 1.03. The Morgan fingerprint density at radius 3 is 3.24 bits per heavy atom. The maximum absolute atomic E-state index is 12.1. The highest BCUT2D eigenvalue weighted by molar-refractivity contribution is 5.91. The molecule has 3 heterocycles. The molecule has 116 valence electrons. The third-order valence-corrected chi connectivity index (χ3v) is 4.37. The van der Waals surface area contributed by atoms with Crippen LogP contribution in [0.25, 0.3) is 0 Å². The lowest BCUT2D eigenvalue weighted by Gasteiger charge is -2.26. The molecule has 2 atom stereocenters. The van der Waals surface area contributed by atoms with Gasteiger partial charge in [0, 0.05) is 50.8 Å². The minimum absolute atomic E-state index is 0.0258. The molecule has 2 aliphatic rings. The van der Waals surface area contributed by atoms with Gasteiger partial charge in [0.25, 0.3) is 0 Å². The number of rotatable bonds is 5. The molecular weight excluding hydrogens is 272 g/mol. The van der Waals surface area contributed by atoms with E-state index in [1.165, 1.54) is 0 Å². The van der Waals surface area contributed by atoms with Crippen LogP contribution in [0.2, 0.25) is 0 Å². The molecule has 0 radical (unpaired) electrons. The Morgan fingerprint density at radius 2 is 2.52 bits per heavy atom. The van der Waals surface area contributed by atoms with Crippen molar-refractivity contribution in [3.05, 3.63) is 12.3 Å². The fraction of sp³-hybridized carbons (Fsp3) is 0.714. The van der Waals surface area contributed by atoms with Crippen LogP contribution in [0.15, 0.2) is 12.3 Å². The zero-order valence-electron chi connectivity index (χ0n) is 12.5. The molecule has 0 spiro atoms. The van der Waals surface area contributed by atoms with Crippen LogP contribution in [0, 0.1) is 11.3 Å². The van der Waals surface area contributed by atoms with Gasteiger partial charge in [-0.15, -0.1) is 0 Å². The number of aryl methyl sites for hydroxylation is 1. The Hall–Kier alpha value is -1.44. The maximum atomic E-state index is 12.1. The van der Waals surface area contributed by atoms with Gasteiger partial charge in [-0.2, -0.15) is 5.10 Å². The van der Waals surface area contributed by atoms with Crippen LogP contribution in [0.1, 0.15) is 0 Å². The van der Waals surface area contributed by atoms with Crippen molar-refractivity contribution < 1.29 is 14.3 Å². The van der Waals surface area contributed by atoms with Gasteiger partial charge in [0.2, 0.25) is 5.91 Å². The van der Waals surface area contributed by atoms with Gasteiger partial charge in [0.1, 0.15) is 0 Å². The third-order valence-electron chi connectivity index (χ3n) is 4.37. The van der Waals surface area contributed by atoms with Gasteiger partial charge in [-0.25, -0.2) is 0 Å². The van der Waals surface area contributed by atoms with E-state index in [2.05, 4.69) is 15.3 Å². The van der Waals surface area contributed by atoms with E-state index in [9.17, 15) is 4.79 Å². The Bertz CT molecular complexity index is 518. The fourth-order valence-corrected chi connectivity index (χ4v) is 3.42. The molecule has 2 aliphatic heterocycles. The van der Waals surface area contributed by atoms with Crippen molar-refractivity contribution in [3.63, 3.8) is 0 Å². The van der Waals surface area contributed by atoms with Crippen LogP contribution in [0.3, 0.4) is 0 Å². The van der Waals surface area contributed by atoms with Crippen LogP contribution < -0.4 is 5.32 Å². The molecule has 7 nitrogen and oxygen atoms in total. The Labute approximate surface area is 124 Å². The number of amides is 1. The molecule has 0 aliphatic carbocycles. The van der Waals surface area contributed by atoms with Crippen molar-refractivity contribution in [1.29, 1.82) is 0 Å². The second-order valence-corrected chi connectivity index (χ2v) is 6.10. The van der Waals surface area contributed by atoms with Crippen LogP contribution in [-0.4, -0.2) is 67.2 Å². The third kappa shape index (κ3) is 2.95. The van der Waals surface area contributed by atoms with E-state index in [0.29, 0.717) is 24.9 Å². The molecule has 0 aromatic carbocycles. The molecule has 7 heteroatoms. The molecule has 2 fully saturated rings. The van der Waals surface area contributed by atoms with E-state index in [4.69, 9.17) is 9.47 Å². The smallest absolute Gasteiger partial charge is 0.239 e. The standard InChI is InChI=1S/C14H22N4O3/c1-17-4-3-12(16-17)15-13(19)6-18-5-11-7-21-10-14(11,8-18)9-20-2/h3-4,11H,5-10H2,1-2H3,(H,15,16,19)/t11-,14-/m0/s1. The first-order valence-electron chi connectivity index (χ1n) is 7.20. The number of nitrogens with one attached hydrogen (secondary N) is 1. The molecule has 0 saturated carbocycles. The molecule has 0 bridgehead atoms. The molecule has 1 N–H and O–H groups in total. The minimum atomic E-state index is -0.0258. The first-order valence-corrected chi connectivity index (χ1v) is 7.20. The normalized spacial score (nSPS) is 28.8. The summed E-state index contributed by atoms with van der Waals surface area (Å²) >= 11 is 0. The van der Waals surface area contributed by atoms with Crippen LogP contribution >= 0.6 is 0 Å². The average molecular weight is 294 g/mol. The first-order chi connectivity index (χ1) is 10.1. The van der Waals surface area contributed by atoms with E-state index >= 15 is 0 Å². The summed E-state index contributed by atoms with van der Waals surface area (Å²) in [4.78, 5) is 14.3. The Morgan fingerprint density at radius 1 is 1.67 bits per heavy atom. The van der Waals surface area contributed by atoms with E-state index in [1.54, 1.807) is 24.1 Å². The molecular formula is C14H22N4O3. The number of ether oxygens (including phenoxy) is 2. The van der Waals surface area contributed by atoms with Crippen molar-refractivity contribution in [1.82, 2.24) is 14.7 Å². The quantitative estimate of drug-likeness (QED) is 0.825. The lowest BCUT2D eigenvalue weighted by Crippen LogP contribution is -2.37. The van der Waals surface area contributed by atoms with Crippen molar-refractivity contribution in [2.45, 2.75) is 0 Å². The van der Waals surface area contributed by atoms with Crippen LogP contribution in [0.5, 0.6) is 0 Å². The Kier molecular flexibility index (Phi) is 3.97. The number of fused-ring (bicyclic) bond motifs is 1. The highest BCUT2D eigenvalue weighted by Crippen LogP contribution is 2.41. The number of anilines is 1. The zero-order valence-corrected chi connectivity index (χ0v) is 12.5. The monoisotopic (exact) mass is 294 g/mol. The SMILES string of the molecule is COC[C@@]12COC[C@@H]1CN(CC(=O)Nc1ccn(C)n1)C2. The van der Waals surface area contributed by atoms with Gasteiger partial charge in [-0.3, -0.25) is 14.4 Å². The summed E-state index contributed by atoms with van der Waals surface area (Å²) in [6, 6.07) is 1.79.